The molecule has 2 atom stereocenters. The van der Waals surface area contributed by atoms with Gasteiger partial charge in [-0.25, -0.2) is 10.3 Å². The van der Waals surface area contributed by atoms with Gasteiger partial charge >= 0.3 is 0 Å². The van der Waals surface area contributed by atoms with E-state index in [1.807, 2.05) is 30.3 Å². The average molecular weight is 463 g/mol. The number of hydrogen-bond acceptors (Lipinski definition) is 6. The first-order chi connectivity index (χ1) is 16.6. The average Bonchev–Trinajstić information content (AvgIpc) is 3.23. The minimum absolute atomic E-state index is 0.0836. The second-order valence-corrected chi connectivity index (χ2v) is 9.30. The molecule has 1 amide bonds. The predicted molar refractivity (Wildman–Crippen MR) is 127 cm³/mol. The Morgan fingerprint density at radius 3 is 2.91 bits per heavy atom. The topological polar surface area (TPSA) is 77.1 Å². The lowest BCUT2D eigenvalue weighted by Gasteiger charge is -2.35. The first-order valence-corrected chi connectivity index (χ1v) is 12.0. The minimum atomic E-state index is -0.464. The van der Waals surface area contributed by atoms with Crippen LogP contribution in [0.3, 0.4) is 0 Å². The van der Waals surface area contributed by atoms with Gasteiger partial charge in [0.1, 0.15) is 11.4 Å². The standard InChI is InChI=1S/C27H30N2O5/c30-23-17-27(13-14-29(19-27)18-21-6-2-1-3-7-21)33-24-11-9-20(16-22(23)24)10-12-25(31)28-34-26-8-4-5-15-32-26/h1-3,6-7,9-12,16,26H,4-5,8,13-15,17-19H2,(H,28,31). The number of benzene rings is 2. The second kappa shape index (κ2) is 10.1. The Kier molecular flexibility index (Phi) is 6.76. The van der Waals surface area contributed by atoms with Crippen molar-refractivity contribution in [3.63, 3.8) is 0 Å². The summed E-state index contributed by atoms with van der Waals surface area (Å²) in [6, 6.07) is 15.8. The van der Waals surface area contributed by atoms with Gasteiger partial charge in [-0.1, -0.05) is 36.4 Å². The van der Waals surface area contributed by atoms with Crippen LogP contribution in [0.4, 0.5) is 0 Å². The molecule has 7 nitrogen and oxygen atoms in total. The summed E-state index contributed by atoms with van der Waals surface area (Å²) in [6.07, 6.45) is 6.66. The van der Waals surface area contributed by atoms with E-state index in [0.29, 0.717) is 24.3 Å². The summed E-state index contributed by atoms with van der Waals surface area (Å²) in [6.45, 7) is 3.14. The van der Waals surface area contributed by atoms with Crippen LogP contribution in [0, 0.1) is 0 Å². The molecule has 2 saturated heterocycles. The minimum Gasteiger partial charge on any atom is -0.485 e. The van der Waals surface area contributed by atoms with Gasteiger partial charge in [-0.05, 0) is 42.2 Å². The molecule has 2 unspecified atom stereocenters. The largest absolute Gasteiger partial charge is 0.485 e. The van der Waals surface area contributed by atoms with Crippen LogP contribution in [0.1, 0.15) is 53.6 Å². The monoisotopic (exact) mass is 462 g/mol. The number of ether oxygens (including phenoxy) is 2. The number of carbonyl (C=O) groups excluding carboxylic acids is 2. The fourth-order valence-corrected chi connectivity index (χ4v) is 4.88. The van der Waals surface area contributed by atoms with Crippen LogP contribution in [-0.2, 0) is 20.9 Å². The molecule has 2 fully saturated rings. The molecule has 3 aliphatic heterocycles. The van der Waals surface area contributed by atoms with E-state index in [0.717, 1.165) is 50.9 Å². The molecule has 0 aromatic heterocycles. The number of nitrogens with zero attached hydrogens (tertiary/aromatic N) is 1. The van der Waals surface area contributed by atoms with E-state index < -0.39 is 11.9 Å². The third-order valence-electron chi connectivity index (χ3n) is 6.61. The number of Topliss-reactive ketones (excluding diaryl/α,β-unsaturated/α-hetero) is 1. The van der Waals surface area contributed by atoms with E-state index in [-0.39, 0.29) is 11.7 Å². The number of likely N-dealkylation sites (tertiary alicyclic amines) is 1. The molecule has 2 aromatic rings. The van der Waals surface area contributed by atoms with Crippen molar-refractivity contribution in [1.29, 1.82) is 0 Å². The van der Waals surface area contributed by atoms with Gasteiger partial charge in [0.2, 0.25) is 0 Å². The molecule has 7 heteroatoms. The van der Waals surface area contributed by atoms with Crippen LogP contribution in [0.15, 0.2) is 54.6 Å². The summed E-state index contributed by atoms with van der Waals surface area (Å²) in [4.78, 5) is 32.8. The highest BCUT2D eigenvalue weighted by Crippen LogP contribution is 2.39. The Bertz CT molecular complexity index is 1060. The van der Waals surface area contributed by atoms with Gasteiger partial charge in [0.05, 0.1) is 12.0 Å². The molecular weight excluding hydrogens is 432 g/mol. The van der Waals surface area contributed by atoms with E-state index >= 15 is 0 Å². The summed E-state index contributed by atoms with van der Waals surface area (Å²) >= 11 is 0. The zero-order chi connectivity index (χ0) is 23.4. The molecule has 5 rings (SSSR count). The normalized spacial score (nSPS) is 24.8. The Labute approximate surface area is 199 Å². The molecule has 0 aliphatic carbocycles. The van der Waals surface area contributed by atoms with Gasteiger partial charge in [0.25, 0.3) is 5.91 Å². The van der Waals surface area contributed by atoms with Crippen molar-refractivity contribution >= 4 is 17.8 Å². The molecule has 0 saturated carbocycles. The maximum absolute atomic E-state index is 13.0. The maximum atomic E-state index is 13.0. The number of carbonyl (C=O) groups is 2. The van der Waals surface area contributed by atoms with Gasteiger partial charge in [0.15, 0.2) is 12.1 Å². The van der Waals surface area contributed by atoms with Crippen LogP contribution < -0.4 is 10.2 Å². The van der Waals surface area contributed by atoms with Crippen LogP contribution in [0.25, 0.3) is 6.08 Å². The molecule has 2 aromatic carbocycles. The Morgan fingerprint density at radius 1 is 1.21 bits per heavy atom. The van der Waals surface area contributed by atoms with E-state index in [1.165, 1.54) is 11.6 Å². The molecule has 1 N–H and O–H groups in total. The zero-order valence-corrected chi connectivity index (χ0v) is 19.2. The van der Waals surface area contributed by atoms with Crippen molar-refractivity contribution in [2.75, 3.05) is 19.7 Å². The molecule has 3 heterocycles. The van der Waals surface area contributed by atoms with Crippen molar-refractivity contribution in [1.82, 2.24) is 10.4 Å². The van der Waals surface area contributed by atoms with Gasteiger partial charge < -0.3 is 9.47 Å². The van der Waals surface area contributed by atoms with Crippen LogP contribution in [-0.4, -0.2) is 48.2 Å². The molecule has 3 aliphatic rings. The summed E-state index contributed by atoms with van der Waals surface area (Å²) in [7, 11) is 0. The number of rotatable bonds is 6. The highest BCUT2D eigenvalue weighted by atomic mass is 16.8. The number of hydrogen-bond donors (Lipinski definition) is 1. The highest BCUT2D eigenvalue weighted by Gasteiger charge is 2.45. The summed E-state index contributed by atoms with van der Waals surface area (Å²) in [5.74, 6) is 0.329. The lowest BCUT2D eigenvalue weighted by molar-refractivity contribution is -0.198. The fourth-order valence-electron chi connectivity index (χ4n) is 4.88. The van der Waals surface area contributed by atoms with E-state index in [4.69, 9.17) is 14.3 Å². The Morgan fingerprint density at radius 2 is 2.09 bits per heavy atom. The first-order valence-electron chi connectivity index (χ1n) is 12.0. The van der Waals surface area contributed by atoms with Gasteiger partial charge in [-0.15, -0.1) is 0 Å². The summed E-state index contributed by atoms with van der Waals surface area (Å²) in [5, 5.41) is 0. The van der Waals surface area contributed by atoms with Crippen molar-refractivity contribution < 1.29 is 23.9 Å². The highest BCUT2D eigenvalue weighted by molar-refractivity contribution is 6.01. The Hall–Kier alpha value is -3.00. The van der Waals surface area contributed by atoms with Crippen LogP contribution in [0.5, 0.6) is 5.75 Å². The third-order valence-corrected chi connectivity index (χ3v) is 6.61. The number of ketones is 1. The van der Waals surface area contributed by atoms with Crippen molar-refractivity contribution in [3.8, 4) is 5.75 Å². The molecular formula is C27H30N2O5. The SMILES string of the molecule is O=C(C=Cc1ccc2c(c1)C(=O)CC1(CCN(Cc3ccccc3)C1)O2)NOC1CCCCO1. The summed E-state index contributed by atoms with van der Waals surface area (Å²) in [5.41, 5.74) is 4.53. The van der Waals surface area contributed by atoms with E-state index in [9.17, 15) is 9.59 Å². The van der Waals surface area contributed by atoms with Gasteiger partial charge in [-0.2, -0.15) is 0 Å². The third kappa shape index (κ3) is 5.38. The number of hydroxylamine groups is 1. The summed E-state index contributed by atoms with van der Waals surface area (Å²) < 4.78 is 11.8. The lowest BCUT2D eigenvalue weighted by atomic mass is 9.88. The zero-order valence-electron chi connectivity index (χ0n) is 19.2. The van der Waals surface area contributed by atoms with Crippen LogP contribution in [0.2, 0.25) is 0 Å². The second-order valence-electron chi connectivity index (χ2n) is 9.30. The number of fused-ring (bicyclic) bond motifs is 1. The van der Waals surface area contributed by atoms with Crippen LogP contribution >= 0.6 is 0 Å². The fraction of sp³-hybridized carbons (Fsp3) is 0.407. The molecule has 34 heavy (non-hydrogen) atoms. The molecule has 0 bridgehead atoms. The maximum Gasteiger partial charge on any atom is 0.267 e. The predicted octanol–water partition coefficient (Wildman–Crippen LogP) is 3.88. The molecule has 178 valence electrons. The van der Waals surface area contributed by atoms with E-state index in [2.05, 4.69) is 22.5 Å². The number of nitrogens with one attached hydrogen (secondary N) is 1. The van der Waals surface area contributed by atoms with Gasteiger partial charge in [-0.3, -0.25) is 14.5 Å². The molecule has 1 spiro atoms. The van der Waals surface area contributed by atoms with Gasteiger partial charge in [0, 0.05) is 45.2 Å². The van der Waals surface area contributed by atoms with Crippen molar-refractivity contribution in [2.24, 2.45) is 0 Å². The lowest BCUT2D eigenvalue weighted by Crippen LogP contribution is -2.44. The van der Waals surface area contributed by atoms with E-state index in [1.54, 1.807) is 12.1 Å². The quantitative estimate of drug-likeness (QED) is 0.519. The van der Waals surface area contributed by atoms with Crippen molar-refractivity contribution in [3.05, 3.63) is 71.3 Å². The van der Waals surface area contributed by atoms with Crippen molar-refractivity contribution in [2.45, 2.75) is 50.5 Å². The first kappa shape index (κ1) is 22.8. The number of amides is 1. The molecule has 0 radical (unpaired) electrons. The Balaban J connectivity index is 1.19. The smallest absolute Gasteiger partial charge is 0.267 e.